The molecule has 0 N–H and O–H groups in total. The minimum absolute atomic E-state index is 0.203. The number of hydrogen-bond acceptors (Lipinski definition) is 4. The number of ether oxygens (including phenoxy) is 2. The van der Waals surface area contributed by atoms with Crippen molar-refractivity contribution in [2.75, 3.05) is 13.7 Å². The van der Waals surface area contributed by atoms with Crippen molar-refractivity contribution in [1.82, 2.24) is 9.88 Å². The van der Waals surface area contributed by atoms with E-state index in [0.717, 1.165) is 48.9 Å². The average molecular weight is 312 g/mol. The second kappa shape index (κ2) is 7.01. The fourth-order valence-electron chi connectivity index (χ4n) is 2.98. The van der Waals surface area contributed by atoms with Gasteiger partial charge in [-0.1, -0.05) is 13.0 Å². The number of pyridine rings is 1. The van der Waals surface area contributed by atoms with E-state index < -0.39 is 0 Å². The summed E-state index contributed by atoms with van der Waals surface area (Å²) in [7, 11) is 1.70. The number of methoxy groups -OCH3 is 1. The van der Waals surface area contributed by atoms with Crippen molar-refractivity contribution in [2.24, 2.45) is 0 Å². The monoisotopic (exact) mass is 312 g/mol. The molecule has 4 heteroatoms. The Morgan fingerprint density at radius 1 is 1.30 bits per heavy atom. The first-order valence-electron chi connectivity index (χ1n) is 8.16. The third-order valence-electron chi connectivity index (χ3n) is 4.20. The smallest absolute Gasteiger partial charge is 0.124 e. The standard InChI is InChI=1S/C19H24N2O2/c1-4-17-13-21(12-16-7-5-6-14(2)20-16)11-15-10-18(22-3)8-9-19(15)23-17/h5-10,17H,4,11-13H2,1-3H3. The molecule has 1 aliphatic heterocycles. The lowest BCUT2D eigenvalue weighted by Gasteiger charge is -2.22. The van der Waals surface area contributed by atoms with Crippen molar-refractivity contribution >= 4 is 0 Å². The van der Waals surface area contributed by atoms with Crippen LogP contribution in [-0.4, -0.2) is 29.6 Å². The maximum Gasteiger partial charge on any atom is 0.124 e. The molecule has 1 aromatic carbocycles. The summed E-state index contributed by atoms with van der Waals surface area (Å²) >= 11 is 0. The highest BCUT2D eigenvalue weighted by Gasteiger charge is 2.22. The minimum atomic E-state index is 0.203. The van der Waals surface area contributed by atoms with Crippen LogP contribution in [-0.2, 0) is 13.1 Å². The molecule has 2 heterocycles. The van der Waals surface area contributed by atoms with Crippen LogP contribution < -0.4 is 9.47 Å². The van der Waals surface area contributed by atoms with Gasteiger partial charge < -0.3 is 9.47 Å². The molecule has 0 amide bonds. The van der Waals surface area contributed by atoms with Crippen molar-refractivity contribution in [3.8, 4) is 11.5 Å². The first-order valence-corrected chi connectivity index (χ1v) is 8.16. The lowest BCUT2D eigenvalue weighted by Crippen LogP contribution is -2.32. The van der Waals surface area contributed by atoms with Crippen LogP contribution in [0.5, 0.6) is 11.5 Å². The predicted octanol–water partition coefficient (Wildman–Crippen LogP) is 3.57. The molecule has 1 atom stereocenters. The Hall–Kier alpha value is -2.07. The molecule has 0 aliphatic carbocycles. The van der Waals surface area contributed by atoms with Gasteiger partial charge >= 0.3 is 0 Å². The van der Waals surface area contributed by atoms with E-state index in [1.807, 2.05) is 25.1 Å². The Kier molecular flexibility index (Phi) is 4.82. The second-order valence-electron chi connectivity index (χ2n) is 6.06. The second-order valence-corrected chi connectivity index (χ2v) is 6.06. The van der Waals surface area contributed by atoms with Gasteiger partial charge in [0.05, 0.1) is 12.8 Å². The number of aryl methyl sites for hydroxylation is 1. The van der Waals surface area contributed by atoms with Crippen LogP contribution in [0.15, 0.2) is 36.4 Å². The maximum absolute atomic E-state index is 6.18. The number of aromatic nitrogens is 1. The zero-order valence-electron chi connectivity index (χ0n) is 14.1. The first kappa shape index (κ1) is 15.8. The van der Waals surface area contributed by atoms with Gasteiger partial charge in [0.1, 0.15) is 17.6 Å². The Balaban J connectivity index is 1.85. The molecule has 1 aliphatic rings. The number of rotatable bonds is 4. The molecule has 23 heavy (non-hydrogen) atoms. The zero-order chi connectivity index (χ0) is 16.2. The molecule has 0 spiro atoms. The fraction of sp³-hybridized carbons (Fsp3) is 0.421. The fourth-order valence-corrected chi connectivity index (χ4v) is 2.98. The summed E-state index contributed by atoms with van der Waals surface area (Å²) in [5.74, 6) is 1.84. The summed E-state index contributed by atoms with van der Waals surface area (Å²) < 4.78 is 11.5. The Morgan fingerprint density at radius 3 is 2.91 bits per heavy atom. The van der Waals surface area contributed by atoms with Gasteiger partial charge in [-0.25, -0.2) is 0 Å². The molecule has 0 saturated heterocycles. The summed E-state index contributed by atoms with van der Waals surface area (Å²) in [6.07, 6.45) is 1.19. The van der Waals surface area contributed by atoms with Crippen molar-refractivity contribution in [3.63, 3.8) is 0 Å². The minimum Gasteiger partial charge on any atom is -0.497 e. The zero-order valence-corrected chi connectivity index (χ0v) is 14.1. The Morgan fingerprint density at radius 2 is 2.17 bits per heavy atom. The van der Waals surface area contributed by atoms with Gasteiger partial charge in [0.2, 0.25) is 0 Å². The van der Waals surface area contributed by atoms with E-state index >= 15 is 0 Å². The molecule has 0 bridgehead atoms. The van der Waals surface area contributed by atoms with E-state index in [9.17, 15) is 0 Å². The van der Waals surface area contributed by atoms with Crippen molar-refractivity contribution in [1.29, 1.82) is 0 Å². The SMILES string of the molecule is CCC1CN(Cc2cccc(C)n2)Cc2cc(OC)ccc2O1. The van der Waals surface area contributed by atoms with Crippen molar-refractivity contribution in [3.05, 3.63) is 53.3 Å². The van der Waals surface area contributed by atoms with Gasteiger partial charge in [0.15, 0.2) is 0 Å². The number of fused-ring (bicyclic) bond motifs is 1. The predicted molar refractivity (Wildman–Crippen MR) is 90.8 cm³/mol. The maximum atomic E-state index is 6.18. The summed E-state index contributed by atoms with van der Waals surface area (Å²) in [5.41, 5.74) is 3.34. The van der Waals surface area contributed by atoms with Crippen molar-refractivity contribution in [2.45, 2.75) is 39.5 Å². The van der Waals surface area contributed by atoms with E-state index in [0.29, 0.717) is 0 Å². The van der Waals surface area contributed by atoms with Gasteiger partial charge in [-0.05, 0) is 43.7 Å². The third kappa shape index (κ3) is 3.82. The molecule has 2 aromatic rings. The third-order valence-corrected chi connectivity index (χ3v) is 4.20. The number of benzene rings is 1. The molecule has 1 aromatic heterocycles. The lowest BCUT2D eigenvalue weighted by molar-refractivity contribution is 0.138. The number of nitrogens with zero attached hydrogens (tertiary/aromatic N) is 2. The summed E-state index contributed by atoms with van der Waals surface area (Å²) in [5, 5.41) is 0. The average Bonchev–Trinajstić information content (AvgIpc) is 2.72. The largest absolute Gasteiger partial charge is 0.497 e. The van der Waals surface area contributed by atoms with Crippen LogP contribution in [0.1, 0.15) is 30.3 Å². The number of hydrogen-bond donors (Lipinski definition) is 0. The molecule has 122 valence electrons. The van der Waals surface area contributed by atoms with E-state index in [1.165, 1.54) is 5.56 Å². The van der Waals surface area contributed by atoms with Gasteiger partial charge in [0, 0.05) is 30.9 Å². The van der Waals surface area contributed by atoms with Gasteiger partial charge in [-0.3, -0.25) is 9.88 Å². The molecule has 3 rings (SSSR count). The lowest BCUT2D eigenvalue weighted by atomic mass is 10.1. The normalized spacial score (nSPS) is 18.0. The van der Waals surface area contributed by atoms with Crippen LogP contribution in [0.4, 0.5) is 0 Å². The first-order chi connectivity index (χ1) is 11.2. The van der Waals surface area contributed by atoms with E-state index in [4.69, 9.17) is 9.47 Å². The summed E-state index contributed by atoms with van der Waals surface area (Å²) in [4.78, 5) is 7.04. The molecule has 0 saturated carbocycles. The summed E-state index contributed by atoms with van der Waals surface area (Å²) in [6.45, 7) is 6.78. The molecule has 0 fully saturated rings. The van der Waals surface area contributed by atoms with E-state index in [2.05, 4.69) is 35.0 Å². The highest BCUT2D eigenvalue weighted by Crippen LogP contribution is 2.30. The molecule has 4 nitrogen and oxygen atoms in total. The van der Waals surface area contributed by atoms with Crippen LogP contribution >= 0.6 is 0 Å². The van der Waals surface area contributed by atoms with Crippen LogP contribution in [0.25, 0.3) is 0 Å². The highest BCUT2D eigenvalue weighted by atomic mass is 16.5. The van der Waals surface area contributed by atoms with Gasteiger partial charge in [0.25, 0.3) is 0 Å². The van der Waals surface area contributed by atoms with E-state index in [1.54, 1.807) is 7.11 Å². The van der Waals surface area contributed by atoms with Gasteiger partial charge in [-0.2, -0.15) is 0 Å². The van der Waals surface area contributed by atoms with E-state index in [-0.39, 0.29) is 6.10 Å². The quantitative estimate of drug-likeness (QED) is 0.864. The van der Waals surface area contributed by atoms with Crippen molar-refractivity contribution < 1.29 is 9.47 Å². The van der Waals surface area contributed by atoms with Crippen LogP contribution in [0.2, 0.25) is 0 Å². The Labute approximate surface area is 138 Å². The summed E-state index contributed by atoms with van der Waals surface area (Å²) in [6, 6.07) is 12.2. The van der Waals surface area contributed by atoms with Crippen LogP contribution in [0.3, 0.4) is 0 Å². The molecular weight excluding hydrogens is 288 g/mol. The molecule has 1 unspecified atom stereocenters. The highest BCUT2D eigenvalue weighted by molar-refractivity contribution is 5.41. The molecular formula is C19H24N2O2. The molecule has 0 radical (unpaired) electrons. The topological polar surface area (TPSA) is 34.6 Å². The van der Waals surface area contributed by atoms with Gasteiger partial charge in [-0.15, -0.1) is 0 Å². The Bertz CT molecular complexity index is 672. The van der Waals surface area contributed by atoms with Crippen LogP contribution in [0, 0.1) is 6.92 Å².